The van der Waals surface area contributed by atoms with E-state index < -0.39 is 16.4 Å². The Balaban J connectivity index is 1.72. The molecule has 7 heteroatoms. The topological polar surface area (TPSA) is 102 Å². The van der Waals surface area contributed by atoms with E-state index in [0.29, 0.717) is 19.6 Å². The zero-order chi connectivity index (χ0) is 15.2. The van der Waals surface area contributed by atoms with E-state index >= 15 is 0 Å². The second-order valence-electron chi connectivity index (χ2n) is 5.09. The van der Waals surface area contributed by atoms with Crippen LogP contribution in [0.15, 0.2) is 18.2 Å². The predicted octanol–water partition coefficient (Wildman–Crippen LogP) is 1.85. The Kier molecular flexibility index (Phi) is 5.10. The number of carbonyl (C=O) groups is 1. The number of hydrogen-bond acceptors (Lipinski definition) is 5. The van der Waals surface area contributed by atoms with E-state index in [1.54, 1.807) is 0 Å². The Labute approximate surface area is 122 Å². The predicted molar refractivity (Wildman–Crippen MR) is 75.3 cm³/mol. The van der Waals surface area contributed by atoms with Gasteiger partial charge < -0.3 is 15.2 Å². The van der Waals surface area contributed by atoms with Gasteiger partial charge in [-0.2, -0.15) is 0 Å². The maximum Gasteiger partial charge on any atom is 0.310 e. The zero-order valence-corrected chi connectivity index (χ0v) is 11.6. The van der Waals surface area contributed by atoms with Crippen LogP contribution in [0.1, 0.15) is 29.6 Å². The van der Waals surface area contributed by atoms with E-state index in [1.165, 1.54) is 18.9 Å². The van der Waals surface area contributed by atoms with Crippen LogP contribution in [0.4, 0.5) is 5.69 Å². The van der Waals surface area contributed by atoms with E-state index in [1.807, 2.05) is 0 Å². The molecule has 1 amide bonds. The molecule has 0 atom stereocenters. The highest BCUT2D eigenvalue weighted by Gasteiger charge is 2.20. The van der Waals surface area contributed by atoms with Crippen LogP contribution in [-0.2, 0) is 4.74 Å². The van der Waals surface area contributed by atoms with Crippen molar-refractivity contribution in [3.8, 4) is 5.75 Å². The maximum absolute atomic E-state index is 11.8. The fraction of sp³-hybridized carbons (Fsp3) is 0.500. The van der Waals surface area contributed by atoms with Gasteiger partial charge in [-0.15, -0.1) is 0 Å². The molecule has 0 aliphatic heterocycles. The highest BCUT2D eigenvalue weighted by Crippen LogP contribution is 2.28. The summed E-state index contributed by atoms with van der Waals surface area (Å²) in [6.07, 6.45) is 3.21. The minimum atomic E-state index is -0.700. The summed E-state index contributed by atoms with van der Waals surface area (Å²) in [6, 6.07) is 3.52. The number of rotatable bonds is 8. The molecule has 1 fully saturated rings. The van der Waals surface area contributed by atoms with E-state index in [9.17, 15) is 20.0 Å². The van der Waals surface area contributed by atoms with E-state index in [4.69, 9.17) is 4.74 Å². The highest BCUT2D eigenvalue weighted by molar-refractivity contribution is 5.95. The summed E-state index contributed by atoms with van der Waals surface area (Å²) < 4.78 is 5.44. The Morgan fingerprint density at radius 3 is 2.86 bits per heavy atom. The van der Waals surface area contributed by atoms with Gasteiger partial charge in [-0.3, -0.25) is 14.9 Å². The largest absolute Gasteiger partial charge is 0.502 e. The van der Waals surface area contributed by atoms with E-state index in [0.717, 1.165) is 24.7 Å². The summed E-state index contributed by atoms with van der Waals surface area (Å²) in [5.41, 5.74) is -0.225. The van der Waals surface area contributed by atoms with E-state index in [2.05, 4.69) is 5.32 Å². The third kappa shape index (κ3) is 4.71. The third-order valence-electron chi connectivity index (χ3n) is 3.24. The van der Waals surface area contributed by atoms with E-state index in [-0.39, 0.29) is 11.5 Å². The summed E-state index contributed by atoms with van der Waals surface area (Å²) >= 11 is 0. The van der Waals surface area contributed by atoms with Crippen molar-refractivity contribution < 1.29 is 19.6 Å². The average Bonchev–Trinajstić information content (AvgIpc) is 3.26. The molecule has 21 heavy (non-hydrogen) atoms. The molecule has 0 aromatic heterocycles. The Morgan fingerprint density at radius 2 is 2.24 bits per heavy atom. The molecule has 2 rings (SSSR count). The van der Waals surface area contributed by atoms with Crippen LogP contribution in [0.5, 0.6) is 5.75 Å². The molecule has 1 aromatic rings. The Morgan fingerprint density at radius 1 is 1.48 bits per heavy atom. The molecule has 1 aliphatic rings. The van der Waals surface area contributed by atoms with Gasteiger partial charge >= 0.3 is 5.69 Å². The summed E-state index contributed by atoms with van der Waals surface area (Å²) in [7, 11) is 0. The van der Waals surface area contributed by atoms with Crippen molar-refractivity contribution in [2.45, 2.75) is 19.3 Å². The molecule has 1 aliphatic carbocycles. The summed E-state index contributed by atoms with van der Waals surface area (Å²) in [4.78, 5) is 21.7. The molecular weight excluding hydrogens is 276 g/mol. The molecular formula is C14H18N2O5. The van der Waals surface area contributed by atoms with Crippen LogP contribution in [0.3, 0.4) is 0 Å². The van der Waals surface area contributed by atoms with Gasteiger partial charge in [0.1, 0.15) is 0 Å². The maximum atomic E-state index is 11.8. The van der Waals surface area contributed by atoms with Crippen molar-refractivity contribution in [1.82, 2.24) is 5.32 Å². The molecule has 1 aromatic carbocycles. The number of nitro groups is 1. The van der Waals surface area contributed by atoms with Crippen molar-refractivity contribution in [3.05, 3.63) is 33.9 Å². The number of nitro benzene ring substituents is 1. The second kappa shape index (κ2) is 7.03. The molecule has 0 spiro atoms. The van der Waals surface area contributed by atoms with Crippen molar-refractivity contribution in [1.29, 1.82) is 0 Å². The first kappa shape index (κ1) is 15.2. The molecule has 1 saturated carbocycles. The lowest BCUT2D eigenvalue weighted by atomic mass is 10.2. The molecule has 0 saturated heterocycles. The Bertz CT molecular complexity index is 528. The monoisotopic (exact) mass is 294 g/mol. The lowest BCUT2D eigenvalue weighted by molar-refractivity contribution is -0.385. The molecule has 7 nitrogen and oxygen atoms in total. The van der Waals surface area contributed by atoms with Gasteiger partial charge in [-0.05, 0) is 37.3 Å². The molecule has 0 heterocycles. The van der Waals surface area contributed by atoms with Gasteiger partial charge in [-0.1, -0.05) is 0 Å². The molecule has 0 unspecified atom stereocenters. The number of amides is 1. The smallest absolute Gasteiger partial charge is 0.310 e. The number of ether oxygens (including phenoxy) is 1. The van der Waals surface area contributed by atoms with Crippen LogP contribution >= 0.6 is 0 Å². The Hall–Kier alpha value is -2.15. The van der Waals surface area contributed by atoms with Gasteiger partial charge in [0.2, 0.25) is 0 Å². The van der Waals surface area contributed by atoms with Crippen molar-refractivity contribution >= 4 is 11.6 Å². The van der Waals surface area contributed by atoms with Crippen molar-refractivity contribution in [2.24, 2.45) is 5.92 Å². The number of hydrogen-bond donors (Lipinski definition) is 2. The summed E-state index contributed by atoms with van der Waals surface area (Å²) in [5.74, 6) is -0.162. The quantitative estimate of drug-likeness (QED) is 0.433. The number of phenolic OH excluding ortho intramolecular Hbond substituents is 1. The van der Waals surface area contributed by atoms with Gasteiger partial charge in [-0.25, -0.2) is 0 Å². The lowest BCUT2D eigenvalue weighted by Crippen LogP contribution is -2.25. The first-order valence-electron chi connectivity index (χ1n) is 6.91. The first-order chi connectivity index (χ1) is 10.1. The minimum Gasteiger partial charge on any atom is -0.502 e. The standard InChI is InChI=1S/C14H18N2O5/c17-13-8-11(4-5-12(13)16(19)20)14(18)15-6-1-7-21-9-10-2-3-10/h4-5,8,10,17H,1-3,6-7,9H2,(H,15,18). The summed E-state index contributed by atoms with van der Waals surface area (Å²) in [6.45, 7) is 1.85. The van der Waals surface area contributed by atoms with Crippen molar-refractivity contribution in [2.75, 3.05) is 19.8 Å². The minimum absolute atomic E-state index is 0.192. The SMILES string of the molecule is O=C(NCCCOCC1CC1)c1ccc([N+](=O)[O-])c(O)c1. The van der Waals surface area contributed by atoms with Gasteiger partial charge in [0, 0.05) is 31.4 Å². The first-order valence-corrected chi connectivity index (χ1v) is 6.91. The van der Waals surface area contributed by atoms with Crippen LogP contribution in [0.25, 0.3) is 0 Å². The molecule has 114 valence electrons. The molecule has 2 N–H and O–H groups in total. The average molecular weight is 294 g/mol. The number of phenols is 1. The number of nitrogens with zero attached hydrogens (tertiary/aromatic N) is 1. The van der Waals surface area contributed by atoms with Crippen LogP contribution in [0, 0.1) is 16.0 Å². The fourth-order valence-corrected chi connectivity index (χ4v) is 1.83. The number of nitrogens with one attached hydrogen (secondary N) is 1. The van der Waals surface area contributed by atoms with Gasteiger partial charge in [0.05, 0.1) is 4.92 Å². The second-order valence-corrected chi connectivity index (χ2v) is 5.09. The van der Waals surface area contributed by atoms with Gasteiger partial charge in [0.25, 0.3) is 5.91 Å². The highest BCUT2D eigenvalue weighted by atomic mass is 16.6. The van der Waals surface area contributed by atoms with Crippen molar-refractivity contribution in [3.63, 3.8) is 0 Å². The van der Waals surface area contributed by atoms with Crippen LogP contribution in [-0.4, -0.2) is 35.7 Å². The molecule has 0 radical (unpaired) electrons. The summed E-state index contributed by atoms with van der Waals surface area (Å²) in [5, 5.41) is 22.7. The zero-order valence-electron chi connectivity index (χ0n) is 11.6. The van der Waals surface area contributed by atoms with Crippen LogP contribution in [0.2, 0.25) is 0 Å². The van der Waals surface area contributed by atoms with Crippen LogP contribution < -0.4 is 5.32 Å². The third-order valence-corrected chi connectivity index (χ3v) is 3.24. The normalized spacial score (nSPS) is 13.9. The number of aromatic hydroxyl groups is 1. The fourth-order valence-electron chi connectivity index (χ4n) is 1.83. The molecule has 0 bridgehead atoms. The number of benzene rings is 1. The number of carbonyl (C=O) groups excluding carboxylic acids is 1. The van der Waals surface area contributed by atoms with Gasteiger partial charge in [0.15, 0.2) is 5.75 Å². The lowest BCUT2D eigenvalue weighted by Gasteiger charge is -2.06.